The van der Waals surface area contributed by atoms with Gasteiger partial charge in [-0.1, -0.05) is 23.7 Å². The molecule has 6 rings (SSSR count). The topological polar surface area (TPSA) is 111 Å². The van der Waals surface area contributed by atoms with Crippen molar-refractivity contribution in [2.75, 3.05) is 51.6 Å². The number of carbonyl (C=O) groups excluding carboxylic acids is 1. The van der Waals surface area contributed by atoms with E-state index in [4.69, 9.17) is 16.6 Å². The molecule has 0 bridgehead atoms. The molecule has 11 nitrogen and oxygen atoms in total. The maximum atomic E-state index is 12.7. The Morgan fingerprint density at radius 2 is 2.00 bits per heavy atom. The number of nitriles is 1. The fourth-order valence-corrected chi connectivity index (χ4v) is 6.20. The third kappa shape index (κ3) is 5.05. The Hall–Kier alpha value is -3.88. The molecule has 0 atom stereocenters. The van der Waals surface area contributed by atoms with Gasteiger partial charge in [-0.2, -0.15) is 15.3 Å². The minimum atomic E-state index is -0.232. The Kier molecular flexibility index (Phi) is 6.98. The molecule has 3 aliphatic heterocycles. The fraction of sp³-hybridized carbons (Fsp3) is 0.464. The van der Waals surface area contributed by atoms with E-state index in [0.717, 1.165) is 75.0 Å². The van der Waals surface area contributed by atoms with Crippen molar-refractivity contribution >= 4 is 34.8 Å². The van der Waals surface area contributed by atoms with Gasteiger partial charge in [-0.05, 0) is 43.7 Å². The van der Waals surface area contributed by atoms with Crippen molar-refractivity contribution in [1.82, 2.24) is 39.2 Å². The molecule has 1 amide bonds. The molecule has 0 saturated carbocycles. The molecule has 2 saturated heterocycles. The standard InChI is InChI=1S/C28H33ClN10O/c1-20-14-21(29)5-6-23(20)28(7-8-30)18-37(19-28)24-4-3-9-39-26(24)33-27(34-39)32-22-15-31-38(16-22)17-25(40)36-12-10-35(2)11-13-36/h4-6,14-16H,3,7,9-13,17-19H2,1-2H3,(H,32,34). The first-order valence-corrected chi connectivity index (χ1v) is 14.0. The van der Waals surface area contributed by atoms with Crippen LogP contribution in [0, 0.1) is 18.3 Å². The highest BCUT2D eigenvalue weighted by Gasteiger charge is 2.47. The molecule has 0 unspecified atom stereocenters. The first kappa shape index (κ1) is 26.3. The number of piperazine rings is 1. The second-order valence-corrected chi connectivity index (χ2v) is 11.5. The molecule has 0 radical (unpaired) electrons. The van der Waals surface area contributed by atoms with Gasteiger partial charge >= 0.3 is 0 Å². The Labute approximate surface area is 238 Å². The Bertz CT molecular complexity index is 1490. The number of amides is 1. The summed E-state index contributed by atoms with van der Waals surface area (Å²) in [5.41, 5.74) is 3.83. The number of hydrogen-bond donors (Lipinski definition) is 1. The minimum absolute atomic E-state index is 0.0731. The number of carbonyl (C=O) groups is 1. The molecule has 3 aromatic rings. The molecule has 1 aromatic carbocycles. The van der Waals surface area contributed by atoms with Crippen molar-refractivity contribution in [2.45, 2.75) is 38.3 Å². The molecule has 2 aromatic heterocycles. The van der Waals surface area contributed by atoms with E-state index < -0.39 is 0 Å². The van der Waals surface area contributed by atoms with Crippen LogP contribution < -0.4 is 5.32 Å². The summed E-state index contributed by atoms with van der Waals surface area (Å²) in [6.07, 6.45) is 7.01. The lowest BCUT2D eigenvalue weighted by molar-refractivity contribution is -0.133. The maximum absolute atomic E-state index is 12.7. The Morgan fingerprint density at radius 3 is 2.75 bits per heavy atom. The average Bonchev–Trinajstić information content (AvgIpc) is 3.53. The number of halogens is 1. The van der Waals surface area contributed by atoms with E-state index in [2.05, 4.69) is 57.5 Å². The molecule has 0 aliphatic carbocycles. The summed E-state index contributed by atoms with van der Waals surface area (Å²) in [7, 11) is 2.07. The van der Waals surface area contributed by atoms with Crippen molar-refractivity contribution in [3.8, 4) is 6.07 Å². The molecule has 0 spiro atoms. The summed E-state index contributed by atoms with van der Waals surface area (Å²) in [6.45, 7) is 7.76. The van der Waals surface area contributed by atoms with Crippen LogP contribution in [0.3, 0.4) is 0 Å². The molecule has 5 heterocycles. The van der Waals surface area contributed by atoms with E-state index in [-0.39, 0.29) is 17.9 Å². The summed E-state index contributed by atoms with van der Waals surface area (Å²) < 4.78 is 3.58. The highest BCUT2D eigenvalue weighted by molar-refractivity contribution is 6.30. The van der Waals surface area contributed by atoms with Crippen molar-refractivity contribution < 1.29 is 4.79 Å². The van der Waals surface area contributed by atoms with E-state index in [9.17, 15) is 10.1 Å². The zero-order valence-corrected chi connectivity index (χ0v) is 23.6. The number of aromatic nitrogens is 5. The summed E-state index contributed by atoms with van der Waals surface area (Å²) in [4.78, 5) is 23.9. The van der Waals surface area contributed by atoms with Gasteiger partial charge in [0.1, 0.15) is 6.54 Å². The lowest BCUT2D eigenvalue weighted by Gasteiger charge is -2.52. The highest BCUT2D eigenvalue weighted by atomic mass is 35.5. The minimum Gasteiger partial charge on any atom is -0.367 e. The summed E-state index contributed by atoms with van der Waals surface area (Å²) in [5.74, 6) is 1.37. The predicted molar refractivity (Wildman–Crippen MR) is 152 cm³/mol. The quantitative estimate of drug-likeness (QED) is 0.469. The fourth-order valence-electron chi connectivity index (χ4n) is 5.97. The first-order chi connectivity index (χ1) is 19.3. The zero-order chi connectivity index (χ0) is 27.9. The largest absolute Gasteiger partial charge is 0.367 e. The SMILES string of the molecule is Cc1cc(Cl)ccc1C1(CC#N)CN(C2=CCCn3nc(Nc4cnn(CC(=O)N5CCN(C)CC5)c4)nc32)C1. The van der Waals surface area contributed by atoms with E-state index >= 15 is 0 Å². The van der Waals surface area contributed by atoms with E-state index in [1.165, 1.54) is 5.56 Å². The second kappa shape index (κ2) is 10.6. The number of aryl methyl sites for hydroxylation is 2. The number of likely N-dealkylation sites (N-methyl/N-ethyl adjacent to an activating group) is 1. The highest BCUT2D eigenvalue weighted by Crippen LogP contribution is 2.43. The number of fused-ring (bicyclic) bond motifs is 1. The van der Waals surface area contributed by atoms with Crippen molar-refractivity contribution in [1.29, 1.82) is 5.26 Å². The van der Waals surface area contributed by atoms with Gasteiger partial charge in [-0.15, -0.1) is 5.10 Å². The van der Waals surface area contributed by atoms with Crippen LogP contribution in [0.1, 0.15) is 29.8 Å². The van der Waals surface area contributed by atoms with Crippen molar-refractivity contribution in [2.24, 2.45) is 0 Å². The lowest BCUT2D eigenvalue weighted by Crippen LogP contribution is -2.58. The number of rotatable bonds is 7. The van der Waals surface area contributed by atoms with Gasteiger partial charge in [0.15, 0.2) is 5.82 Å². The number of likely N-dealkylation sites (tertiary alicyclic amines) is 1. The third-order valence-electron chi connectivity index (χ3n) is 8.13. The van der Waals surface area contributed by atoms with E-state index in [0.29, 0.717) is 17.4 Å². The number of nitrogens with zero attached hydrogens (tertiary/aromatic N) is 9. The van der Waals surface area contributed by atoms with Gasteiger partial charge in [0.2, 0.25) is 11.9 Å². The monoisotopic (exact) mass is 560 g/mol. The van der Waals surface area contributed by atoms with Crippen molar-refractivity contribution in [3.63, 3.8) is 0 Å². The number of anilines is 2. The average molecular weight is 561 g/mol. The van der Waals surface area contributed by atoms with Gasteiger partial charge in [0.05, 0.1) is 23.7 Å². The van der Waals surface area contributed by atoms with Crippen molar-refractivity contribution in [3.05, 3.63) is 58.6 Å². The first-order valence-electron chi connectivity index (χ1n) is 13.6. The van der Waals surface area contributed by atoms with Crippen LogP contribution in [0.25, 0.3) is 5.70 Å². The molecule has 3 aliphatic rings. The molecule has 12 heteroatoms. The Morgan fingerprint density at radius 1 is 1.20 bits per heavy atom. The number of nitrogens with one attached hydrogen (secondary N) is 1. The van der Waals surface area contributed by atoms with Crippen LogP contribution in [0.4, 0.5) is 11.6 Å². The van der Waals surface area contributed by atoms with Crippen LogP contribution in [0.15, 0.2) is 36.7 Å². The second-order valence-electron chi connectivity index (χ2n) is 11.0. The normalized spacial score (nSPS) is 18.5. The molecule has 208 valence electrons. The van der Waals surface area contributed by atoms with Gasteiger partial charge < -0.3 is 20.0 Å². The van der Waals surface area contributed by atoms with Crippen LogP contribution in [0.2, 0.25) is 5.02 Å². The van der Waals surface area contributed by atoms with Crippen LogP contribution in [-0.2, 0) is 23.3 Å². The van der Waals surface area contributed by atoms with Crippen LogP contribution in [-0.4, -0.2) is 91.5 Å². The number of hydrogen-bond acceptors (Lipinski definition) is 8. The van der Waals surface area contributed by atoms with Crippen LogP contribution >= 0.6 is 11.6 Å². The lowest BCUT2D eigenvalue weighted by atomic mass is 9.69. The zero-order valence-electron chi connectivity index (χ0n) is 22.8. The molecule has 2 fully saturated rings. The van der Waals surface area contributed by atoms with Gasteiger partial charge in [0, 0.05) is 68.9 Å². The summed E-state index contributed by atoms with van der Waals surface area (Å²) in [5, 5.41) is 22.6. The van der Waals surface area contributed by atoms with E-state index in [1.807, 2.05) is 27.9 Å². The van der Waals surface area contributed by atoms with Crippen LogP contribution in [0.5, 0.6) is 0 Å². The van der Waals surface area contributed by atoms with E-state index in [1.54, 1.807) is 10.9 Å². The molecule has 1 N–H and O–H groups in total. The Balaban J connectivity index is 1.12. The molecular formula is C28H33ClN10O. The molecular weight excluding hydrogens is 528 g/mol. The smallest absolute Gasteiger partial charge is 0.247 e. The van der Waals surface area contributed by atoms with Gasteiger partial charge in [-0.3, -0.25) is 9.48 Å². The maximum Gasteiger partial charge on any atom is 0.247 e. The molecule has 40 heavy (non-hydrogen) atoms. The predicted octanol–water partition coefficient (Wildman–Crippen LogP) is 2.87. The number of benzene rings is 1. The van der Waals surface area contributed by atoms with Gasteiger partial charge in [0.25, 0.3) is 0 Å². The third-order valence-corrected chi connectivity index (χ3v) is 8.36. The summed E-state index contributed by atoms with van der Waals surface area (Å²) in [6, 6.07) is 8.34. The summed E-state index contributed by atoms with van der Waals surface area (Å²) >= 11 is 6.20. The number of allylic oxidation sites excluding steroid dienone is 1. The van der Waals surface area contributed by atoms with Gasteiger partial charge in [-0.25, -0.2) is 4.68 Å².